The summed E-state index contributed by atoms with van der Waals surface area (Å²) in [5.41, 5.74) is 2.27. The average Bonchev–Trinajstić information content (AvgIpc) is 3.29. The summed E-state index contributed by atoms with van der Waals surface area (Å²) < 4.78 is 15.7. The third kappa shape index (κ3) is 3.01. The first-order valence-electron chi connectivity index (χ1n) is 8.08. The molecule has 0 bridgehead atoms. The molecule has 0 radical (unpaired) electrons. The van der Waals surface area contributed by atoms with Crippen LogP contribution in [0.1, 0.15) is 16.2 Å². The van der Waals surface area contributed by atoms with Crippen LogP contribution in [0.3, 0.4) is 0 Å². The largest absolute Gasteiger partial charge is 0.454 e. The van der Waals surface area contributed by atoms with Crippen molar-refractivity contribution in [3.8, 4) is 11.5 Å². The lowest BCUT2D eigenvalue weighted by atomic mass is 10.3. The first-order valence-corrected chi connectivity index (χ1v) is 10.3. The molecular formula is C17H18N4O3S2. The molecule has 0 fully saturated rings. The van der Waals surface area contributed by atoms with Crippen molar-refractivity contribution in [2.75, 3.05) is 18.8 Å². The van der Waals surface area contributed by atoms with Crippen LogP contribution < -0.4 is 14.3 Å². The highest BCUT2D eigenvalue weighted by atomic mass is 32.2. The molecule has 3 aromatic rings. The Balaban J connectivity index is 1.83. The molecule has 0 aliphatic carbocycles. The van der Waals surface area contributed by atoms with Crippen molar-refractivity contribution in [1.29, 1.82) is 0 Å². The first-order chi connectivity index (χ1) is 12.6. The molecule has 1 aliphatic rings. The molecule has 9 heteroatoms. The number of hydrogen-bond donors (Lipinski definition) is 0. The first kappa shape index (κ1) is 17.2. The van der Waals surface area contributed by atoms with Gasteiger partial charge in [0.1, 0.15) is 0 Å². The zero-order chi connectivity index (χ0) is 18.3. The number of hydrogen-bond acceptors (Lipinski definition) is 6. The fourth-order valence-corrected chi connectivity index (χ4v) is 4.18. The lowest BCUT2D eigenvalue weighted by Crippen LogP contribution is -2.18. The molecule has 26 heavy (non-hydrogen) atoms. The van der Waals surface area contributed by atoms with Crippen LogP contribution in [0.2, 0.25) is 0 Å². The maximum absolute atomic E-state index is 12.6. The normalized spacial score (nSPS) is 13.7. The second kappa shape index (κ2) is 6.81. The van der Waals surface area contributed by atoms with Crippen LogP contribution in [0.5, 0.6) is 11.5 Å². The number of benzene rings is 1. The standard InChI is InChI=1S/C17H18N4O3S2/c1-10-6-11(19-20(10)2)16(22)18-17-21(4-5-25-3)12-7-13-14(24-9-23-13)8-15(12)26-17/h6-8H,4-5,9H2,1-3H3. The lowest BCUT2D eigenvalue weighted by Gasteiger charge is -2.04. The Hall–Kier alpha value is -2.26. The number of thiazole rings is 1. The van der Waals surface area contributed by atoms with Crippen molar-refractivity contribution in [3.05, 3.63) is 34.4 Å². The summed E-state index contributed by atoms with van der Waals surface area (Å²) >= 11 is 3.22. The maximum atomic E-state index is 12.6. The van der Waals surface area contributed by atoms with E-state index in [2.05, 4.69) is 20.9 Å². The molecule has 0 saturated heterocycles. The summed E-state index contributed by atoms with van der Waals surface area (Å²) in [7, 11) is 1.81. The number of carbonyl (C=O) groups excluding carboxylic acids is 1. The fourth-order valence-electron chi connectivity index (χ4n) is 2.75. The van der Waals surface area contributed by atoms with Gasteiger partial charge in [-0.05, 0) is 19.2 Å². The van der Waals surface area contributed by atoms with E-state index in [1.54, 1.807) is 22.5 Å². The Labute approximate surface area is 158 Å². The van der Waals surface area contributed by atoms with Gasteiger partial charge >= 0.3 is 0 Å². The van der Waals surface area contributed by atoms with Gasteiger partial charge in [-0.3, -0.25) is 9.48 Å². The SMILES string of the molecule is CSCCn1c(=NC(=O)c2cc(C)n(C)n2)sc2cc3c(cc21)OCO3. The minimum atomic E-state index is -0.335. The van der Waals surface area contributed by atoms with Gasteiger partial charge in [-0.15, -0.1) is 0 Å². The molecule has 0 N–H and O–H groups in total. The number of nitrogens with zero attached hydrogens (tertiary/aromatic N) is 4. The van der Waals surface area contributed by atoms with Gasteiger partial charge < -0.3 is 14.0 Å². The van der Waals surface area contributed by atoms with Crippen molar-refractivity contribution in [2.45, 2.75) is 13.5 Å². The maximum Gasteiger partial charge on any atom is 0.300 e. The molecule has 4 rings (SSSR count). The highest BCUT2D eigenvalue weighted by Crippen LogP contribution is 2.37. The summed E-state index contributed by atoms with van der Waals surface area (Å²) in [6.45, 7) is 2.91. The van der Waals surface area contributed by atoms with E-state index in [0.717, 1.165) is 39.7 Å². The fraction of sp³-hybridized carbons (Fsp3) is 0.353. The number of aryl methyl sites for hydroxylation is 3. The molecule has 0 atom stereocenters. The van der Waals surface area contributed by atoms with Gasteiger partial charge in [0, 0.05) is 37.2 Å². The molecule has 1 aliphatic heterocycles. The van der Waals surface area contributed by atoms with Crippen molar-refractivity contribution in [1.82, 2.24) is 14.3 Å². The van der Waals surface area contributed by atoms with Crippen LogP contribution >= 0.6 is 23.1 Å². The Morgan fingerprint density at radius 3 is 2.81 bits per heavy atom. The van der Waals surface area contributed by atoms with Crippen LogP contribution in [0, 0.1) is 6.92 Å². The van der Waals surface area contributed by atoms with E-state index < -0.39 is 0 Å². The molecule has 136 valence electrons. The van der Waals surface area contributed by atoms with Gasteiger partial charge in [0.25, 0.3) is 5.91 Å². The topological polar surface area (TPSA) is 70.6 Å². The number of carbonyl (C=O) groups is 1. The number of fused-ring (bicyclic) bond motifs is 2. The zero-order valence-electron chi connectivity index (χ0n) is 14.7. The number of rotatable bonds is 4. The summed E-state index contributed by atoms with van der Waals surface area (Å²) in [6.07, 6.45) is 2.06. The smallest absolute Gasteiger partial charge is 0.300 e. The van der Waals surface area contributed by atoms with Crippen LogP contribution in [0.4, 0.5) is 0 Å². The van der Waals surface area contributed by atoms with Gasteiger partial charge in [-0.1, -0.05) is 11.3 Å². The van der Waals surface area contributed by atoms with Crippen molar-refractivity contribution >= 4 is 39.2 Å². The van der Waals surface area contributed by atoms with E-state index in [0.29, 0.717) is 10.5 Å². The molecule has 3 heterocycles. The van der Waals surface area contributed by atoms with Gasteiger partial charge in [0.05, 0.1) is 10.2 Å². The average molecular weight is 390 g/mol. The highest BCUT2D eigenvalue weighted by molar-refractivity contribution is 7.98. The number of ether oxygens (including phenoxy) is 2. The minimum Gasteiger partial charge on any atom is -0.454 e. The molecule has 0 saturated carbocycles. The Morgan fingerprint density at radius 1 is 1.35 bits per heavy atom. The Kier molecular flexibility index (Phi) is 4.49. The minimum absolute atomic E-state index is 0.242. The summed E-state index contributed by atoms with van der Waals surface area (Å²) in [5.74, 6) is 2.04. The van der Waals surface area contributed by atoms with Gasteiger partial charge in [-0.25, -0.2) is 0 Å². The monoisotopic (exact) mass is 390 g/mol. The molecule has 0 unspecified atom stereocenters. The van der Waals surface area contributed by atoms with Crippen molar-refractivity contribution in [3.63, 3.8) is 0 Å². The lowest BCUT2D eigenvalue weighted by molar-refractivity contribution is 0.0992. The summed E-state index contributed by atoms with van der Waals surface area (Å²) in [5, 5.41) is 4.23. The Morgan fingerprint density at radius 2 is 2.12 bits per heavy atom. The van der Waals surface area contributed by atoms with Crippen molar-refractivity contribution < 1.29 is 14.3 Å². The van der Waals surface area contributed by atoms with Crippen LogP contribution in [0.15, 0.2) is 23.2 Å². The molecule has 0 spiro atoms. The molecule has 7 nitrogen and oxygen atoms in total. The van der Waals surface area contributed by atoms with Gasteiger partial charge in [0.2, 0.25) is 6.79 Å². The third-order valence-corrected chi connectivity index (χ3v) is 5.86. The Bertz CT molecular complexity index is 1040. The second-order valence-corrected chi connectivity index (χ2v) is 7.91. The second-order valence-electron chi connectivity index (χ2n) is 5.91. The van der Waals surface area contributed by atoms with E-state index in [9.17, 15) is 4.79 Å². The van der Waals surface area contributed by atoms with Crippen LogP contribution in [0.25, 0.3) is 10.2 Å². The van der Waals surface area contributed by atoms with Crippen LogP contribution in [-0.4, -0.2) is 39.1 Å². The highest BCUT2D eigenvalue weighted by Gasteiger charge is 2.18. The number of thioether (sulfide) groups is 1. The van der Waals surface area contributed by atoms with Gasteiger partial charge in [-0.2, -0.15) is 21.9 Å². The summed E-state index contributed by atoms with van der Waals surface area (Å²) in [4.78, 5) is 17.6. The van der Waals surface area contributed by atoms with Gasteiger partial charge in [0.15, 0.2) is 22.0 Å². The number of amides is 1. The zero-order valence-corrected chi connectivity index (χ0v) is 16.3. The predicted molar refractivity (Wildman–Crippen MR) is 102 cm³/mol. The van der Waals surface area contributed by atoms with E-state index >= 15 is 0 Å². The molecular weight excluding hydrogens is 372 g/mol. The molecule has 2 aromatic heterocycles. The third-order valence-electron chi connectivity index (χ3n) is 4.23. The van der Waals surface area contributed by atoms with E-state index in [1.807, 2.05) is 26.1 Å². The van der Waals surface area contributed by atoms with E-state index in [4.69, 9.17) is 9.47 Å². The predicted octanol–water partition coefficient (Wildman–Crippen LogP) is 2.58. The van der Waals surface area contributed by atoms with E-state index in [-0.39, 0.29) is 12.7 Å². The quantitative estimate of drug-likeness (QED) is 0.685. The number of aromatic nitrogens is 3. The molecule has 1 amide bonds. The van der Waals surface area contributed by atoms with Crippen LogP contribution in [-0.2, 0) is 13.6 Å². The van der Waals surface area contributed by atoms with Crippen molar-refractivity contribution in [2.24, 2.45) is 12.0 Å². The van der Waals surface area contributed by atoms with E-state index in [1.165, 1.54) is 11.3 Å². The summed E-state index contributed by atoms with van der Waals surface area (Å²) in [6, 6.07) is 5.66. The molecule has 1 aromatic carbocycles.